The second-order valence-electron chi connectivity index (χ2n) is 7.16. The number of allylic oxidation sites excluding steroid dienone is 1. The van der Waals surface area contributed by atoms with E-state index in [4.69, 9.17) is 4.98 Å². The molecule has 0 radical (unpaired) electrons. The van der Waals surface area contributed by atoms with Crippen molar-refractivity contribution in [3.05, 3.63) is 78.1 Å². The van der Waals surface area contributed by atoms with Gasteiger partial charge in [0, 0.05) is 32.0 Å². The molecule has 1 aromatic heterocycles. The summed E-state index contributed by atoms with van der Waals surface area (Å²) in [6, 6.07) is 18.3. The van der Waals surface area contributed by atoms with Crippen molar-refractivity contribution in [3.63, 3.8) is 0 Å². The number of nitrogens with zero attached hydrogens (tertiary/aromatic N) is 3. The topological polar surface area (TPSA) is 38.1 Å². The van der Waals surface area contributed by atoms with Crippen LogP contribution >= 0.6 is 0 Å². The minimum absolute atomic E-state index is 0.123. The third-order valence-corrected chi connectivity index (χ3v) is 4.91. The second kappa shape index (κ2) is 6.79. The molecular weight excluding hydrogens is 322 g/mol. The Kier molecular flexibility index (Phi) is 4.33. The molecule has 1 aliphatic heterocycles. The first kappa shape index (κ1) is 16.6. The maximum atomic E-state index is 12.6. The zero-order valence-electron chi connectivity index (χ0n) is 15.1. The second-order valence-corrected chi connectivity index (χ2v) is 7.16. The summed E-state index contributed by atoms with van der Waals surface area (Å²) in [5.74, 6) is 1.32. The first-order valence-corrected chi connectivity index (χ1v) is 9.03. The van der Waals surface area contributed by atoms with Crippen LogP contribution < -0.4 is 0 Å². The number of likely N-dealkylation sites (tertiary alicyclic amines) is 1. The molecule has 4 heteroatoms. The highest BCUT2D eigenvalue weighted by atomic mass is 16.2. The first-order chi connectivity index (χ1) is 12.6. The van der Waals surface area contributed by atoms with Crippen molar-refractivity contribution in [3.8, 4) is 0 Å². The molecule has 26 heavy (non-hydrogen) atoms. The van der Waals surface area contributed by atoms with Crippen LogP contribution in [0.15, 0.2) is 66.7 Å². The van der Waals surface area contributed by atoms with Gasteiger partial charge in [-0.15, -0.1) is 0 Å². The number of hydrogen-bond acceptors (Lipinski definition) is 2. The molecule has 1 fully saturated rings. The van der Waals surface area contributed by atoms with Crippen LogP contribution in [0.3, 0.4) is 0 Å². The molecule has 1 aliphatic rings. The summed E-state index contributed by atoms with van der Waals surface area (Å²) in [6.07, 6.45) is 0.520. The lowest BCUT2D eigenvalue weighted by Crippen LogP contribution is -2.24. The van der Waals surface area contributed by atoms with E-state index in [2.05, 4.69) is 29.3 Å². The van der Waals surface area contributed by atoms with E-state index in [1.165, 1.54) is 0 Å². The van der Waals surface area contributed by atoms with E-state index in [0.717, 1.165) is 34.5 Å². The molecule has 3 aromatic rings. The Morgan fingerprint density at radius 3 is 2.65 bits per heavy atom. The van der Waals surface area contributed by atoms with Crippen LogP contribution in [0, 0.1) is 0 Å². The molecule has 4 rings (SSSR count). The Hall–Kier alpha value is -2.88. The van der Waals surface area contributed by atoms with Crippen molar-refractivity contribution >= 4 is 16.9 Å². The molecule has 0 bridgehead atoms. The van der Waals surface area contributed by atoms with Gasteiger partial charge >= 0.3 is 0 Å². The van der Waals surface area contributed by atoms with Crippen LogP contribution in [0.25, 0.3) is 11.0 Å². The lowest BCUT2D eigenvalue weighted by molar-refractivity contribution is -0.128. The zero-order chi connectivity index (χ0) is 18.1. The van der Waals surface area contributed by atoms with Crippen molar-refractivity contribution < 1.29 is 4.79 Å². The van der Waals surface area contributed by atoms with Crippen LogP contribution in [0.2, 0.25) is 0 Å². The van der Waals surface area contributed by atoms with Crippen LogP contribution in [-0.2, 0) is 17.9 Å². The molecule has 0 unspecified atom stereocenters. The van der Waals surface area contributed by atoms with Gasteiger partial charge in [0.05, 0.1) is 11.0 Å². The summed E-state index contributed by atoms with van der Waals surface area (Å²) in [6.45, 7) is 8.21. The van der Waals surface area contributed by atoms with E-state index in [0.29, 0.717) is 19.5 Å². The number of aromatic nitrogens is 2. The average molecular weight is 345 g/mol. The maximum absolute atomic E-state index is 12.6. The molecule has 1 atom stereocenters. The SMILES string of the molecule is C=C(C)Cn1c([C@H]2CC(=O)N(Cc3ccccc3)C2)nc2ccccc21. The monoisotopic (exact) mass is 345 g/mol. The molecule has 0 spiro atoms. The normalized spacial score (nSPS) is 17.2. The molecule has 2 aromatic carbocycles. The first-order valence-electron chi connectivity index (χ1n) is 9.03. The van der Waals surface area contributed by atoms with Gasteiger partial charge in [0.1, 0.15) is 5.82 Å². The molecule has 4 nitrogen and oxygen atoms in total. The van der Waals surface area contributed by atoms with E-state index in [1.54, 1.807) is 0 Å². The van der Waals surface area contributed by atoms with Gasteiger partial charge in [-0.25, -0.2) is 4.98 Å². The van der Waals surface area contributed by atoms with Gasteiger partial charge in [-0.2, -0.15) is 0 Å². The van der Waals surface area contributed by atoms with Gasteiger partial charge in [-0.3, -0.25) is 4.79 Å². The van der Waals surface area contributed by atoms with Crippen molar-refractivity contribution in [2.45, 2.75) is 32.4 Å². The fraction of sp³-hybridized carbons (Fsp3) is 0.273. The lowest BCUT2D eigenvalue weighted by Gasteiger charge is -2.17. The molecule has 0 N–H and O–H groups in total. The summed E-state index contributed by atoms with van der Waals surface area (Å²) < 4.78 is 2.22. The highest BCUT2D eigenvalue weighted by Gasteiger charge is 2.33. The van der Waals surface area contributed by atoms with Crippen molar-refractivity contribution in [2.75, 3.05) is 6.54 Å². The number of amides is 1. The number of carbonyl (C=O) groups excluding carboxylic acids is 1. The minimum Gasteiger partial charge on any atom is -0.338 e. The fourth-order valence-electron chi connectivity index (χ4n) is 3.74. The third kappa shape index (κ3) is 3.15. The molecule has 132 valence electrons. The highest BCUT2D eigenvalue weighted by Crippen LogP contribution is 2.31. The van der Waals surface area contributed by atoms with Gasteiger partial charge in [0.15, 0.2) is 0 Å². The summed E-state index contributed by atoms with van der Waals surface area (Å²) in [5.41, 5.74) is 4.34. The molecular formula is C22H23N3O. The third-order valence-electron chi connectivity index (χ3n) is 4.91. The summed E-state index contributed by atoms with van der Waals surface area (Å²) in [4.78, 5) is 19.4. The fourth-order valence-corrected chi connectivity index (χ4v) is 3.74. The van der Waals surface area contributed by atoms with Crippen molar-refractivity contribution in [1.82, 2.24) is 14.5 Å². The number of fused-ring (bicyclic) bond motifs is 1. The van der Waals surface area contributed by atoms with E-state index in [1.807, 2.05) is 48.2 Å². The molecule has 0 saturated carbocycles. The maximum Gasteiger partial charge on any atom is 0.223 e. The van der Waals surface area contributed by atoms with E-state index >= 15 is 0 Å². The number of imidazole rings is 1. The van der Waals surface area contributed by atoms with Crippen molar-refractivity contribution in [2.24, 2.45) is 0 Å². The largest absolute Gasteiger partial charge is 0.338 e. The smallest absolute Gasteiger partial charge is 0.223 e. The number of rotatable bonds is 5. The number of hydrogen-bond donors (Lipinski definition) is 0. The van der Waals surface area contributed by atoms with Crippen LogP contribution in [0.5, 0.6) is 0 Å². The van der Waals surface area contributed by atoms with E-state index in [9.17, 15) is 4.79 Å². The number of benzene rings is 2. The van der Waals surface area contributed by atoms with E-state index < -0.39 is 0 Å². The van der Waals surface area contributed by atoms with Crippen LogP contribution in [-0.4, -0.2) is 26.9 Å². The Morgan fingerprint density at radius 1 is 1.15 bits per heavy atom. The Labute approximate surface area is 153 Å². The lowest BCUT2D eigenvalue weighted by atomic mass is 10.1. The zero-order valence-corrected chi connectivity index (χ0v) is 15.1. The van der Waals surface area contributed by atoms with E-state index in [-0.39, 0.29) is 11.8 Å². The number of para-hydroxylation sites is 2. The summed E-state index contributed by atoms with van der Waals surface area (Å²) in [5, 5.41) is 0. The molecule has 1 amide bonds. The standard InChI is InChI=1S/C22H23N3O/c1-16(2)13-25-20-11-7-6-10-19(20)23-22(25)18-12-21(26)24(15-18)14-17-8-4-3-5-9-17/h3-11,18H,1,12-15H2,2H3/t18-/m0/s1. The molecule has 1 saturated heterocycles. The van der Waals surface area contributed by atoms with Gasteiger partial charge in [-0.05, 0) is 24.6 Å². The predicted octanol–water partition coefficient (Wildman–Crippen LogP) is 4.13. The van der Waals surface area contributed by atoms with Gasteiger partial charge in [-0.1, -0.05) is 54.6 Å². The van der Waals surface area contributed by atoms with Crippen molar-refractivity contribution in [1.29, 1.82) is 0 Å². The number of carbonyl (C=O) groups is 1. The van der Waals surface area contributed by atoms with Gasteiger partial charge in [0.2, 0.25) is 5.91 Å². The predicted molar refractivity (Wildman–Crippen MR) is 104 cm³/mol. The van der Waals surface area contributed by atoms with Crippen LogP contribution in [0.1, 0.15) is 30.7 Å². The summed E-state index contributed by atoms with van der Waals surface area (Å²) in [7, 11) is 0. The Bertz CT molecular complexity index is 958. The molecule has 2 heterocycles. The van der Waals surface area contributed by atoms with Gasteiger partial charge < -0.3 is 9.47 Å². The van der Waals surface area contributed by atoms with Gasteiger partial charge in [0.25, 0.3) is 0 Å². The summed E-state index contributed by atoms with van der Waals surface area (Å²) >= 11 is 0. The quantitative estimate of drug-likeness (QED) is 0.652. The molecule has 0 aliphatic carbocycles. The Balaban J connectivity index is 1.63. The highest BCUT2D eigenvalue weighted by molar-refractivity contribution is 5.81. The van der Waals surface area contributed by atoms with Crippen LogP contribution in [0.4, 0.5) is 0 Å². The average Bonchev–Trinajstić information content (AvgIpc) is 3.17. The minimum atomic E-state index is 0.123. The Morgan fingerprint density at radius 2 is 1.88 bits per heavy atom.